The molecule has 31 heavy (non-hydrogen) atoms. The molecule has 5 nitrogen and oxygen atoms in total. The fraction of sp³-hybridized carbons (Fsp3) is 0.304. The van der Waals surface area contributed by atoms with Crippen molar-refractivity contribution in [1.82, 2.24) is 14.8 Å². The van der Waals surface area contributed by atoms with Gasteiger partial charge in [0.1, 0.15) is 0 Å². The number of alkyl halides is 3. The summed E-state index contributed by atoms with van der Waals surface area (Å²) in [6.07, 6.45) is -3.17. The predicted molar refractivity (Wildman–Crippen MR) is 111 cm³/mol. The normalized spacial score (nSPS) is 15.3. The van der Waals surface area contributed by atoms with Gasteiger partial charge in [0.15, 0.2) is 6.61 Å². The standard InChI is InChI=1S/C23H22F3N3O2/c24-23(25,26)16-31-21-9-8-18(14-27-21)22(30)29-12-10-28(11-13-29)15-19-6-3-5-17-4-1-2-7-20(17)19/h1-9,14H,10-13,15-16H2. The number of amides is 1. The lowest BCUT2D eigenvalue weighted by molar-refractivity contribution is -0.154. The topological polar surface area (TPSA) is 45.7 Å². The SMILES string of the molecule is O=C(c1ccc(OCC(F)(F)F)nc1)N1CCN(Cc2cccc3ccccc23)CC1. The molecule has 0 aliphatic carbocycles. The lowest BCUT2D eigenvalue weighted by Gasteiger charge is -2.35. The molecule has 4 rings (SSSR count). The Balaban J connectivity index is 1.32. The van der Waals surface area contributed by atoms with Crippen LogP contribution in [0.1, 0.15) is 15.9 Å². The minimum atomic E-state index is -4.43. The molecule has 2 heterocycles. The average Bonchev–Trinajstić information content (AvgIpc) is 2.78. The highest BCUT2D eigenvalue weighted by molar-refractivity contribution is 5.94. The highest BCUT2D eigenvalue weighted by Gasteiger charge is 2.29. The van der Waals surface area contributed by atoms with Gasteiger partial charge < -0.3 is 9.64 Å². The number of aromatic nitrogens is 1. The van der Waals surface area contributed by atoms with E-state index < -0.39 is 12.8 Å². The fourth-order valence-corrected chi connectivity index (χ4v) is 3.71. The van der Waals surface area contributed by atoms with Crippen LogP contribution in [0.25, 0.3) is 10.8 Å². The van der Waals surface area contributed by atoms with Gasteiger partial charge in [-0.05, 0) is 22.4 Å². The van der Waals surface area contributed by atoms with Gasteiger partial charge in [0.2, 0.25) is 5.88 Å². The van der Waals surface area contributed by atoms with Crippen molar-refractivity contribution in [1.29, 1.82) is 0 Å². The first-order chi connectivity index (χ1) is 14.9. The zero-order valence-electron chi connectivity index (χ0n) is 16.8. The van der Waals surface area contributed by atoms with Crippen LogP contribution in [0.2, 0.25) is 0 Å². The number of benzene rings is 2. The third-order valence-corrected chi connectivity index (χ3v) is 5.30. The summed E-state index contributed by atoms with van der Waals surface area (Å²) >= 11 is 0. The summed E-state index contributed by atoms with van der Waals surface area (Å²) in [5, 5.41) is 2.45. The summed E-state index contributed by atoms with van der Waals surface area (Å²) in [5.74, 6) is -0.339. The second-order valence-electron chi connectivity index (χ2n) is 7.50. The van der Waals surface area contributed by atoms with Crippen LogP contribution in [0.3, 0.4) is 0 Å². The van der Waals surface area contributed by atoms with E-state index in [9.17, 15) is 18.0 Å². The number of pyridine rings is 1. The molecule has 162 valence electrons. The molecule has 1 saturated heterocycles. The molecule has 0 N–H and O–H groups in total. The predicted octanol–water partition coefficient (Wildman–Crippen LogP) is 4.13. The van der Waals surface area contributed by atoms with Crippen molar-refractivity contribution in [2.24, 2.45) is 0 Å². The molecule has 0 bridgehead atoms. The van der Waals surface area contributed by atoms with E-state index in [2.05, 4.69) is 45.0 Å². The van der Waals surface area contributed by atoms with Crippen molar-refractivity contribution in [3.05, 3.63) is 71.9 Å². The number of rotatable bonds is 5. The first-order valence-corrected chi connectivity index (χ1v) is 10.0. The van der Waals surface area contributed by atoms with Gasteiger partial charge >= 0.3 is 6.18 Å². The Morgan fingerprint density at radius 1 is 0.968 bits per heavy atom. The van der Waals surface area contributed by atoms with E-state index in [1.165, 1.54) is 34.7 Å². The molecule has 1 aliphatic rings. The number of carbonyl (C=O) groups excluding carboxylic acids is 1. The third kappa shape index (κ3) is 5.32. The molecule has 1 aliphatic heterocycles. The second-order valence-corrected chi connectivity index (χ2v) is 7.50. The van der Waals surface area contributed by atoms with E-state index in [-0.39, 0.29) is 11.8 Å². The molecule has 0 radical (unpaired) electrons. The van der Waals surface area contributed by atoms with E-state index in [1.54, 1.807) is 4.90 Å². The van der Waals surface area contributed by atoms with Crippen LogP contribution in [0.5, 0.6) is 5.88 Å². The first-order valence-electron chi connectivity index (χ1n) is 10.0. The monoisotopic (exact) mass is 429 g/mol. The molecule has 2 aromatic carbocycles. The van der Waals surface area contributed by atoms with Gasteiger partial charge in [-0.25, -0.2) is 4.98 Å². The Morgan fingerprint density at radius 3 is 2.42 bits per heavy atom. The van der Waals surface area contributed by atoms with Crippen molar-refractivity contribution in [2.75, 3.05) is 32.8 Å². The molecular weight excluding hydrogens is 407 g/mol. The second kappa shape index (κ2) is 8.93. The lowest BCUT2D eigenvalue weighted by Crippen LogP contribution is -2.48. The first kappa shape index (κ1) is 21.1. The highest BCUT2D eigenvalue weighted by atomic mass is 19.4. The van der Waals surface area contributed by atoms with Gasteiger partial charge in [-0.3, -0.25) is 9.69 Å². The minimum absolute atomic E-state index is 0.159. The van der Waals surface area contributed by atoms with Crippen LogP contribution in [0, 0.1) is 0 Å². The van der Waals surface area contributed by atoms with Crippen LogP contribution < -0.4 is 4.74 Å². The molecule has 8 heteroatoms. The Kier molecular flexibility index (Phi) is 6.08. The number of nitrogens with zero attached hydrogens (tertiary/aromatic N) is 3. The zero-order valence-corrected chi connectivity index (χ0v) is 16.8. The van der Waals surface area contributed by atoms with Gasteiger partial charge in [0.25, 0.3) is 5.91 Å². The minimum Gasteiger partial charge on any atom is -0.468 e. The largest absolute Gasteiger partial charge is 0.468 e. The molecular formula is C23H22F3N3O2. The van der Waals surface area contributed by atoms with Crippen LogP contribution in [0.4, 0.5) is 13.2 Å². The molecule has 3 aromatic rings. The summed E-state index contributed by atoms with van der Waals surface area (Å²) in [6, 6.07) is 17.3. The van der Waals surface area contributed by atoms with Gasteiger partial charge in [-0.15, -0.1) is 0 Å². The van der Waals surface area contributed by atoms with Crippen LogP contribution in [-0.2, 0) is 6.54 Å². The summed E-state index contributed by atoms with van der Waals surface area (Å²) in [4.78, 5) is 20.6. The van der Waals surface area contributed by atoms with E-state index >= 15 is 0 Å². The summed E-state index contributed by atoms with van der Waals surface area (Å²) in [7, 11) is 0. The van der Waals surface area contributed by atoms with Gasteiger partial charge in [-0.1, -0.05) is 42.5 Å². The van der Waals surface area contributed by atoms with Gasteiger partial charge in [0, 0.05) is 45.0 Å². The zero-order chi connectivity index (χ0) is 21.8. The van der Waals surface area contributed by atoms with Crippen molar-refractivity contribution in [2.45, 2.75) is 12.7 Å². The summed E-state index contributed by atoms with van der Waals surface area (Å²) in [6.45, 7) is 2.05. The van der Waals surface area contributed by atoms with E-state index in [4.69, 9.17) is 0 Å². The maximum absolute atomic E-state index is 12.7. The smallest absolute Gasteiger partial charge is 0.422 e. The molecule has 1 amide bonds. The summed E-state index contributed by atoms with van der Waals surface area (Å²) in [5.41, 5.74) is 1.60. The number of hydrogen-bond acceptors (Lipinski definition) is 4. The van der Waals surface area contributed by atoms with E-state index in [0.29, 0.717) is 18.7 Å². The van der Waals surface area contributed by atoms with Gasteiger partial charge in [0.05, 0.1) is 5.56 Å². The Hall–Kier alpha value is -3.13. The van der Waals surface area contributed by atoms with Crippen molar-refractivity contribution >= 4 is 16.7 Å². The number of carbonyl (C=O) groups is 1. The van der Waals surface area contributed by atoms with Crippen LogP contribution in [-0.4, -0.2) is 59.7 Å². The Bertz CT molecular complexity index is 1040. The Morgan fingerprint density at radius 2 is 1.71 bits per heavy atom. The maximum Gasteiger partial charge on any atom is 0.422 e. The Labute approximate surface area is 178 Å². The number of fused-ring (bicyclic) bond motifs is 1. The third-order valence-electron chi connectivity index (χ3n) is 5.30. The molecule has 1 aromatic heterocycles. The quantitative estimate of drug-likeness (QED) is 0.612. The van der Waals surface area contributed by atoms with Crippen LogP contribution in [0.15, 0.2) is 60.8 Å². The highest BCUT2D eigenvalue weighted by Crippen LogP contribution is 2.21. The molecule has 0 unspecified atom stereocenters. The van der Waals surface area contributed by atoms with E-state index in [0.717, 1.165) is 19.6 Å². The lowest BCUT2D eigenvalue weighted by atomic mass is 10.0. The fourth-order valence-electron chi connectivity index (χ4n) is 3.71. The number of piperazine rings is 1. The maximum atomic E-state index is 12.7. The number of halogens is 3. The summed E-state index contributed by atoms with van der Waals surface area (Å²) < 4.78 is 41.2. The van der Waals surface area contributed by atoms with Crippen molar-refractivity contribution < 1.29 is 22.7 Å². The molecule has 0 atom stereocenters. The average molecular weight is 429 g/mol. The van der Waals surface area contributed by atoms with Crippen LogP contribution >= 0.6 is 0 Å². The van der Waals surface area contributed by atoms with Crippen molar-refractivity contribution in [3.8, 4) is 5.88 Å². The molecule has 1 fully saturated rings. The van der Waals surface area contributed by atoms with Crippen molar-refractivity contribution in [3.63, 3.8) is 0 Å². The van der Waals surface area contributed by atoms with Gasteiger partial charge in [-0.2, -0.15) is 13.2 Å². The number of hydrogen-bond donors (Lipinski definition) is 0. The molecule has 0 spiro atoms. The van der Waals surface area contributed by atoms with E-state index in [1.807, 2.05) is 12.1 Å². The molecule has 0 saturated carbocycles. The number of ether oxygens (including phenoxy) is 1.